The number of hydrogen-bond acceptors (Lipinski definition) is 2. The van der Waals surface area contributed by atoms with E-state index in [4.69, 9.17) is 11.6 Å². The van der Waals surface area contributed by atoms with Gasteiger partial charge < -0.3 is 9.47 Å². The Balaban J connectivity index is 1.88. The fourth-order valence-electron chi connectivity index (χ4n) is 3.78. The molecule has 3 aromatic rings. The fourth-order valence-corrected chi connectivity index (χ4v) is 4.42. The molecule has 0 radical (unpaired) electrons. The number of halogens is 1. The maximum atomic E-state index is 6.30. The van der Waals surface area contributed by atoms with Crippen LogP contribution >= 0.6 is 23.4 Å². The van der Waals surface area contributed by atoms with Gasteiger partial charge in [-0.15, -0.1) is 11.8 Å². The van der Waals surface area contributed by atoms with E-state index in [-0.39, 0.29) is 0 Å². The van der Waals surface area contributed by atoms with Gasteiger partial charge in [-0.25, -0.2) is 0 Å². The van der Waals surface area contributed by atoms with Gasteiger partial charge in [0, 0.05) is 46.7 Å². The number of nitrogens with zero attached hydrogens (tertiary/aromatic N) is 2. The molecule has 0 atom stereocenters. The standard InChI is InChI=1S/C22H23ClN2S/c1-15(16-5-4-6-18(11-16)26-3)13-25-21-8-7-17(23)12-19(21)20-14-24(2)10-9-22(20)25/h4-8,11-13H,9-10,14H2,1-3H3. The second-order valence-electron chi connectivity index (χ2n) is 6.99. The molecule has 2 aromatic carbocycles. The summed E-state index contributed by atoms with van der Waals surface area (Å²) in [5, 5.41) is 2.08. The molecule has 0 N–H and O–H groups in total. The average molecular weight is 383 g/mol. The number of fused-ring (bicyclic) bond motifs is 3. The Morgan fingerprint density at radius 3 is 2.85 bits per heavy atom. The van der Waals surface area contributed by atoms with Crippen LogP contribution in [0, 0.1) is 0 Å². The summed E-state index contributed by atoms with van der Waals surface area (Å²) in [7, 11) is 2.19. The molecule has 26 heavy (non-hydrogen) atoms. The van der Waals surface area contributed by atoms with Crippen molar-refractivity contribution < 1.29 is 0 Å². The summed E-state index contributed by atoms with van der Waals surface area (Å²) < 4.78 is 2.38. The van der Waals surface area contributed by atoms with Crippen LogP contribution in [0.25, 0.3) is 22.7 Å². The summed E-state index contributed by atoms with van der Waals surface area (Å²) in [5.74, 6) is 0. The number of thioether (sulfide) groups is 1. The van der Waals surface area contributed by atoms with Crippen LogP contribution in [0.1, 0.15) is 23.7 Å². The van der Waals surface area contributed by atoms with Crippen LogP contribution in [0.2, 0.25) is 5.02 Å². The third-order valence-electron chi connectivity index (χ3n) is 5.19. The van der Waals surface area contributed by atoms with Crippen LogP contribution in [-0.2, 0) is 13.0 Å². The first-order valence-electron chi connectivity index (χ1n) is 8.89. The summed E-state index contributed by atoms with van der Waals surface area (Å²) >= 11 is 8.08. The van der Waals surface area contributed by atoms with E-state index >= 15 is 0 Å². The molecule has 2 nitrogen and oxygen atoms in total. The van der Waals surface area contributed by atoms with E-state index in [1.54, 1.807) is 11.8 Å². The summed E-state index contributed by atoms with van der Waals surface area (Å²) in [6.07, 6.45) is 5.47. The molecule has 4 heteroatoms. The number of aromatic nitrogens is 1. The number of likely N-dealkylation sites (N-methyl/N-ethyl adjacent to an activating group) is 1. The van der Waals surface area contributed by atoms with Crippen molar-refractivity contribution in [2.24, 2.45) is 0 Å². The minimum Gasteiger partial charge on any atom is -0.320 e. The van der Waals surface area contributed by atoms with Crippen LogP contribution in [-0.4, -0.2) is 29.3 Å². The van der Waals surface area contributed by atoms with Crippen molar-refractivity contribution in [3.8, 4) is 0 Å². The van der Waals surface area contributed by atoms with Crippen LogP contribution in [0.5, 0.6) is 0 Å². The lowest BCUT2D eigenvalue weighted by Gasteiger charge is -2.23. The predicted molar refractivity (Wildman–Crippen MR) is 115 cm³/mol. The Bertz CT molecular complexity index is 1000. The maximum absolute atomic E-state index is 6.30. The second-order valence-corrected chi connectivity index (χ2v) is 8.30. The molecule has 1 aliphatic heterocycles. The third-order valence-corrected chi connectivity index (χ3v) is 6.15. The SMILES string of the molecule is CSc1cccc(C(C)=Cn2c3c(c4cc(Cl)ccc42)CN(C)CC3)c1. The van der Waals surface area contributed by atoms with E-state index in [1.165, 1.54) is 38.2 Å². The van der Waals surface area contributed by atoms with Crippen LogP contribution in [0.4, 0.5) is 0 Å². The van der Waals surface area contributed by atoms with Crippen LogP contribution in [0.15, 0.2) is 47.4 Å². The highest BCUT2D eigenvalue weighted by Gasteiger charge is 2.22. The highest BCUT2D eigenvalue weighted by molar-refractivity contribution is 7.98. The van der Waals surface area contributed by atoms with Gasteiger partial charge in [-0.2, -0.15) is 0 Å². The topological polar surface area (TPSA) is 8.17 Å². The van der Waals surface area contributed by atoms with E-state index in [0.29, 0.717) is 0 Å². The zero-order valence-corrected chi connectivity index (χ0v) is 17.0. The molecular weight excluding hydrogens is 360 g/mol. The zero-order chi connectivity index (χ0) is 18.3. The van der Waals surface area contributed by atoms with Gasteiger partial charge in [0.1, 0.15) is 0 Å². The highest BCUT2D eigenvalue weighted by atomic mass is 35.5. The molecule has 0 amide bonds. The lowest BCUT2D eigenvalue weighted by Crippen LogP contribution is -2.26. The summed E-state index contributed by atoms with van der Waals surface area (Å²) in [5.41, 5.74) is 6.62. The lowest BCUT2D eigenvalue weighted by atomic mass is 10.1. The summed E-state index contributed by atoms with van der Waals surface area (Å²) in [4.78, 5) is 3.67. The van der Waals surface area contributed by atoms with E-state index in [1.807, 2.05) is 6.07 Å². The van der Waals surface area contributed by atoms with E-state index < -0.39 is 0 Å². The van der Waals surface area contributed by atoms with Crippen molar-refractivity contribution in [2.75, 3.05) is 19.8 Å². The quantitative estimate of drug-likeness (QED) is 0.511. The zero-order valence-electron chi connectivity index (χ0n) is 15.4. The van der Waals surface area contributed by atoms with Crippen molar-refractivity contribution in [2.45, 2.75) is 24.8 Å². The van der Waals surface area contributed by atoms with Crippen molar-refractivity contribution in [3.63, 3.8) is 0 Å². The molecule has 0 fully saturated rings. The van der Waals surface area contributed by atoms with E-state index in [2.05, 4.69) is 72.3 Å². The maximum Gasteiger partial charge on any atom is 0.0529 e. The molecule has 0 bridgehead atoms. The Kier molecular flexibility index (Phi) is 4.87. The Hall–Kier alpha value is -1.68. The molecule has 1 aromatic heterocycles. The van der Waals surface area contributed by atoms with Gasteiger partial charge in [0.15, 0.2) is 0 Å². The predicted octanol–water partition coefficient (Wildman–Crippen LogP) is 6.02. The van der Waals surface area contributed by atoms with Crippen LogP contribution < -0.4 is 0 Å². The number of benzene rings is 2. The Morgan fingerprint density at radius 1 is 1.19 bits per heavy atom. The van der Waals surface area contributed by atoms with Gasteiger partial charge in [-0.3, -0.25) is 0 Å². The summed E-state index contributed by atoms with van der Waals surface area (Å²) in [6.45, 7) is 4.27. The Morgan fingerprint density at radius 2 is 2.04 bits per heavy atom. The molecular formula is C22H23ClN2S. The molecule has 0 saturated heterocycles. The molecule has 2 heterocycles. The van der Waals surface area contributed by atoms with Crippen LogP contribution in [0.3, 0.4) is 0 Å². The molecule has 1 aliphatic rings. The van der Waals surface area contributed by atoms with Gasteiger partial charge in [0.25, 0.3) is 0 Å². The van der Waals surface area contributed by atoms with Crippen molar-refractivity contribution in [1.29, 1.82) is 0 Å². The first-order valence-corrected chi connectivity index (χ1v) is 10.5. The van der Waals surface area contributed by atoms with Crippen molar-refractivity contribution in [1.82, 2.24) is 9.47 Å². The summed E-state index contributed by atoms with van der Waals surface area (Å²) in [6, 6.07) is 15.0. The van der Waals surface area contributed by atoms with Crippen molar-refractivity contribution in [3.05, 3.63) is 64.3 Å². The normalized spacial score (nSPS) is 15.5. The van der Waals surface area contributed by atoms with Crippen molar-refractivity contribution >= 4 is 46.0 Å². The first kappa shape index (κ1) is 17.7. The fraction of sp³-hybridized carbons (Fsp3) is 0.273. The molecule has 0 saturated carbocycles. The average Bonchev–Trinajstić information content (AvgIpc) is 2.94. The molecule has 0 unspecified atom stereocenters. The third kappa shape index (κ3) is 3.20. The second kappa shape index (κ2) is 7.15. The number of allylic oxidation sites excluding steroid dienone is 1. The number of hydrogen-bond donors (Lipinski definition) is 0. The van der Waals surface area contributed by atoms with Gasteiger partial charge in [-0.1, -0.05) is 23.7 Å². The molecule has 4 rings (SSSR count). The van der Waals surface area contributed by atoms with Gasteiger partial charge >= 0.3 is 0 Å². The molecule has 0 aliphatic carbocycles. The van der Waals surface area contributed by atoms with E-state index in [0.717, 1.165) is 24.5 Å². The highest BCUT2D eigenvalue weighted by Crippen LogP contribution is 2.33. The smallest absolute Gasteiger partial charge is 0.0529 e. The molecule has 0 spiro atoms. The largest absolute Gasteiger partial charge is 0.320 e. The first-order chi connectivity index (χ1) is 12.6. The molecule has 134 valence electrons. The minimum atomic E-state index is 0.805. The van der Waals surface area contributed by atoms with Gasteiger partial charge in [0.05, 0.1) is 5.52 Å². The lowest BCUT2D eigenvalue weighted by molar-refractivity contribution is 0.312. The minimum absolute atomic E-state index is 0.805. The monoisotopic (exact) mass is 382 g/mol. The number of rotatable bonds is 3. The Labute approximate surface area is 164 Å². The van der Waals surface area contributed by atoms with Gasteiger partial charge in [0.2, 0.25) is 0 Å². The van der Waals surface area contributed by atoms with E-state index in [9.17, 15) is 0 Å². The van der Waals surface area contributed by atoms with Gasteiger partial charge in [-0.05, 0) is 67.3 Å².